The van der Waals surface area contributed by atoms with Crippen LogP contribution in [0.25, 0.3) is 11.3 Å². The Hall–Kier alpha value is -4.51. The van der Waals surface area contributed by atoms with E-state index in [1.165, 1.54) is 41.3 Å². The van der Waals surface area contributed by atoms with Crippen LogP contribution >= 0.6 is 0 Å². The van der Waals surface area contributed by atoms with Crippen molar-refractivity contribution < 1.29 is 27.1 Å². The van der Waals surface area contributed by atoms with Crippen molar-refractivity contribution in [3.63, 3.8) is 0 Å². The molecule has 1 aliphatic rings. The standard InChI is InChI=1S/C27H23FN4O5S/c1-3-37-21-11-7-17(8-12-21)24-23-25(30-29-24)27(34)32(26(23)18-5-4-6-19(28)15-18)20-9-13-22(14-10-20)38(35,36)31-16(2)33/h4-15,26H,3H2,1-2H3,(H,29,30)(H,31,33). The first-order valence-corrected chi connectivity index (χ1v) is 13.2. The maximum atomic E-state index is 14.3. The highest BCUT2D eigenvalue weighted by atomic mass is 32.2. The molecule has 2 N–H and O–H groups in total. The first-order valence-electron chi connectivity index (χ1n) is 11.7. The van der Waals surface area contributed by atoms with Crippen LogP contribution in [0, 0.1) is 5.82 Å². The highest BCUT2D eigenvalue weighted by molar-refractivity contribution is 7.90. The Kier molecular flexibility index (Phi) is 6.45. The molecule has 0 saturated heterocycles. The average Bonchev–Trinajstić information content (AvgIpc) is 3.43. The van der Waals surface area contributed by atoms with E-state index in [1.54, 1.807) is 24.3 Å². The molecule has 5 rings (SSSR count). The summed E-state index contributed by atoms with van der Waals surface area (Å²) < 4.78 is 46.5. The van der Waals surface area contributed by atoms with Gasteiger partial charge in [-0.2, -0.15) is 5.10 Å². The van der Waals surface area contributed by atoms with Gasteiger partial charge in [-0.05, 0) is 73.2 Å². The topological polar surface area (TPSA) is 121 Å². The molecule has 1 aromatic heterocycles. The molecule has 2 heterocycles. The Labute approximate surface area is 218 Å². The number of ether oxygens (including phenoxy) is 1. The van der Waals surface area contributed by atoms with E-state index in [4.69, 9.17) is 4.74 Å². The van der Waals surface area contributed by atoms with Crippen LogP contribution in [0.2, 0.25) is 0 Å². The van der Waals surface area contributed by atoms with Gasteiger partial charge >= 0.3 is 0 Å². The summed E-state index contributed by atoms with van der Waals surface area (Å²) in [5, 5.41) is 7.24. The molecule has 0 aliphatic carbocycles. The number of hydrogen-bond donors (Lipinski definition) is 2. The van der Waals surface area contributed by atoms with Gasteiger partial charge in [0.05, 0.1) is 23.2 Å². The second-order valence-corrected chi connectivity index (χ2v) is 10.3. The van der Waals surface area contributed by atoms with E-state index in [1.807, 2.05) is 23.8 Å². The predicted molar refractivity (Wildman–Crippen MR) is 138 cm³/mol. The SMILES string of the molecule is CCOc1ccc(-c2n[nH]c3c2C(c2cccc(F)c2)N(c2ccc(S(=O)(=O)NC(C)=O)cc2)C3=O)cc1. The van der Waals surface area contributed by atoms with Gasteiger partial charge in [0.2, 0.25) is 5.91 Å². The van der Waals surface area contributed by atoms with E-state index in [9.17, 15) is 22.4 Å². The lowest BCUT2D eigenvalue weighted by molar-refractivity contribution is -0.117. The van der Waals surface area contributed by atoms with Crippen LogP contribution in [0.15, 0.2) is 77.7 Å². The highest BCUT2D eigenvalue weighted by Crippen LogP contribution is 2.45. The molecule has 1 atom stereocenters. The summed E-state index contributed by atoms with van der Waals surface area (Å²) in [5.74, 6) is -0.900. The van der Waals surface area contributed by atoms with Crippen molar-refractivity contribution >= 4 is 27.5 Å². The number of sulfonamides is 1. The van der Waals surface area contributed by atoms with E-state index in [2.05, 4.69) is 10.2 Å². The Bertz CT molecular complexity index is 1630. The normalized spacial score (nSPS) is 14.9. The lowest BCUT2D eigenvalue weighted by Crippen LogP contribution is -2.30. The van der Waals surface area contributed by atoms with Crippen LogP contribution < -0.4 is 14.4 Å². The Morgan fingerprint density at radius 3 is 2.45 bits per heavy atom. The number of carbonyl (C=O) groups excluding carboxylic acids is 2. The maximum Gasteiger partial charge on any atom is 0.277 e. The fourth-order valence-corrected chi connectivity index (χ4v) is 5.53. The van der Waals surface area contributed by atoms with Crippen LogP contribution in [0.1, 0.15) is 41.5 Å². The minimum Gasteiger partial charge on any atom is -0.494 e. The molecular weight excluding hydrogens is 511 g/mol. The molecule has 1 aliphatic heterocycles. The van der Waals surface area contributed by atoms with Gasteiger partial charge in [0, 0.05) is 23.7 Å². The van der Waals surface area contributed by atoms with Gasteiger partial charge < -0.3 is 4.74 Å². The fraction of sp³-hybridized carbons (Fsp3) is 0.148. The maximum absolute atomic E-state index is 14.3. The molecule has 38 heavy (non-hydrogen) atoms. The second-order valence-electron chi connectivity index (χ2n) is 8.61. The Morgan fingerprint density at radius 1 is 1.11 bits per heavy atom. The van der Waals surface area contributed by atoms with Crippen molar-refractivity contribution in [3.8, 4) is 17.0 Å². The monoisotopic (exact) mass is 534 g/mol. The summed E-state index contributed by atoms with van der Waals surface area (Å²) in [5.41, 5.74) is 2.98. The fourth-order valence-electron chi connectivity index (χ4n) is 4.54. The van der Waals surface area contributed by atoms with Crippen molar-refractivity contribution in [1.82, 2.24) is 14.9 Å². The summed E-state index contributed by atoms with van der Waals surface area (Å²) in [4.78, 5) is 26.3. The number of aromatic nitrogens is 2. The van der Waals surface area contributed by atoms with E-state index in [0.717, 1.165) is 12.5 Å². The molecule has 0 radical (unpaired) electrons. The first kappa shape index (κ1) is 25.2. The first-order chi connectivity index (χ1) is 18.2. The zero-order valence-corrected chi connectivity index (χ0v) is 21.3. The number of aromatic amines is 1. The van der Waals surface area contributed by atoms with E-state index in [0.29, 0.717) is 34.9 Å². The summed E-state index contributed by atoms with van der Waals surface area (Å²) in [6, 6.07) is 18.0. The van der Waals surface area contributed by atoms with Crippen molar-refractivity contribution in [3.05, 3.63) is 95.4 Å². The third-order valence-electron chi connectivity index (χ3n) is 6.07. The largest absolute Gasteiger partial charge is 0.494 e. The van der Waals surface area contributed by atoms with E-state index in [-0.39, 0.29) is 10.6 Å². The molecule has 2 amide bonds. The third kappa shape index (κ3) is 4.52. The number of benzene rings is 3. The number of anilines is 1. The molecule has 1 unspecified atom stereocenters. The lowest BCUT2D eigenvalue weighted by Gasteiger charge is -2.26. The zero-order chi connectivity index (χ0) is 27.0. The van der Waals surface area contributed by atoms with Gasteiger partial charge in [-0.3, -0.25) is 19.6 Å². The molecule has 3 aromatic carbocycles. The number of hydrogen-bond acceptors (Lipinski definition) is 6. The molecule has 9 nitrogen and oxygen atoms in total. The van der Waals surface area contributed by atoms with Gasteiger partial charge in [0.1, 0.15) is 17.3 Å². The van der Waals surface area contributed by atoms with Crippen LogP contribution in [0.4, 0.5) is 10.1 Å². The number of fused-ring (bicyclic) bond motifs is 1. The number of rotatable bonds is 7. The number of carbonyl (C=O) groups is 2. The summed E-state index contributed by atoms with van der Waals surface area (Å²) in [6.07, 6.45) is 0. The van der Waals surface area contributed by atoms with Crippen molar-refractivity contribution in [2.45, 2.75) is 24.8 Å². The highest BCUT2D eigenvalue weighted by Gasteiger charge is 2.43. The molecule has 0 spiro atoms. The quantitative estimate of drug-likeness (QED) is 0.367. The van der Waals surface area contributed by atoms with Gasteiger partial charge in [-0.1, -0.05) is 12.1 Å². The molecule has 0 saturated carbocycles. The number of halogens is 1. The number of nitrogens with one attached hydrogen (secondary N) is 2. The number of nitrogens with zero attached hydrogens (tertiary/aromatic N) is 2. The number of amides is 2. The minimum absolute atomic E-state index is 0.138. The molecular formula is C27H23FN4O5S. The van der Waals surface area contributed by atoms with Gasteiger partial charge in [-0.15, -0.1) is 0 Å². The van der Waals surface area contributed by atoms with Crippen LogP contribution in [-0.4, -0.2) is 37.0 Å². The minimum atomic E-state index is -4.06. The number of H-pyrrole nitrogens is 1. The summed E-state index contributed by atoms with van der Waals surface area (Å²) in [7, 11) is -4.06. The van der Waals surface area contributed by atoms with E-state index < -0.39 is 33.7 Å². The van der Waals surface area contributed by atoms with E-state index >= 15 is 0 Å². The summed E-state index contributed by atoms with van der Waals surface area (Å²) in [6.45, 7) is 3.51. The van der Waals surface area contributed by atoms with Crippen molar-refractivity contribution in [1.29, 1.82) is 0 Å². The molecule has 0 bridgehead atoms. The lowest BCUT2D eigenvalue weighted by atomic mass is 9.95. The Morgan fingerprint density at radius 2 is 1.82 bits per heavy atom. The van der Waals surface area contributed by atoms with Gasteiger partial charge in [0.25, 0.3) is 15.9 Å². The van der Waals surface area contributed by atoms with Crippen LogP contribution in [-0.2, 0) is 14.8 Å². The molecule has 4 aromatic rings. The molecule has 0 fully saturated rings. The van der Waals surface area contributed by atoms with Crippen LogP contribution in [0.3, 0.4) is 0 Å². The van der Waals surface area contributed by atoms with Gasteiger partial charge in [0.15, 0.2) is 0 Å². The molecule has 11 heteroatoms. The zero-order valence-electron chi connectivity index (χ0n) is 20.4. The predicted octanol–water partition coefficient (Wildman–Crippen LogP) is 4.19. The average molecular weight is 535 g/mol. The summed E-state index contributed by atoms with van der Waals surface area (Å²) >= 11 is 0. The van der Waals surface area contributed by atoms with Crippen molar-refractivity contribution in [2.75, 3.05) is 11.5 Å². The van der Waals surface area contributed by atoms with Crippen molar-refractivity contribution in [2.24, 2.45) is 0 Å². The third-order valence-corrected chi connectivity index (χ3v) is 7.52. The van der Waals surface area contributed by atoms with Crippen LogP contribution in [0.5, 0.6) is 5.75 Å². The molecule has 194 valence electrons. The Balaban J connectivity index is 1.61. The smallest absolute Gasteiger partial charge is 0.277 e. The second kappa shape index (κ2) is 9.75. The van der Waals surface area contributed by atoms with Gasteiger partial charge in [-0.25, -0.2) is 17.5 Å².